The molecule has 2 amide bonds. The number of nitrogens with one attached hydrogen (secondary N) is 3. The topological polar surface area (TPSA) is 142 Å². The average molecular weight is 572 g/mol. The number of aromatic nitrogens is 3. The van der Waals surface area contributed by atoms with Crippen LogP contribution in [0, 0.1) is 5.41 Å². The van der Waals surface area contributed by atoms with Crippen molar-refractivity contribution in [2.45, 2.75) is 61.6 Å². The first-order chi connectivity index (χ1) is 19.5. The van der Waals surface area contributed by atoms with Crippen LogP contribution in [0.15, 0.2) is 36.5 Å². The molecule has 0 radical (unpaired) electrons. The molecule has 1 aromatic carbocycles. The Bertz CT molecular complexity index is 1550. The molecule has 1 aliphatic heterocycles. The summed E-state index contributed by atoms with van der Waals surface area (Å²) in [6.45, 7) is 2.76. The highest BCUT2D eigenvalue weighted by Crippen LogP contribution is 2.44. The van der Waals surface area contributed by atoms with Crippen molar-refractivity contribution in [1.82, 2.24) is 25.4 Å². The second-order valence-electron chi connectivity index (χ2n) is 12.2. The summed E-state index contributed by atoms with van der Waals surface area (Å²) in [5, 5.41) is 28.8. The summed E-state index contributed by atoms with van der Waals surface area (Å²) in [7, 11) is 4.88. The van der Waals surface area contributed by atoms with E-state index in [1.54, 1.807) is 12.1 Å². The van der Waals surface area contributed by atoms with Crippen molar-refractivity contribution in [3.63, 3.8) is 0 Å². The number of aliphatic hydroxyl groups is 1. The van der Waals surface area contributed by atoms with Crippen LogP contribution in [0.1, 0.15) is 75.8 Å². The molecule has 2 unspecified atom stereocenters. The van der Waals surface area contributed by atoms with Crippen molar-refractivity contribution >= 4 is 35.1 Å². The molecule has 4 N–H and O–H groups in total. The molecule has 6 rings (SSSR count). The zero-order valence-electron chi connectivity index (χ0n) is 23.3. The summed E-state index contributed by atoms with van der Waals surface area (Å²) in [4.78, 5) is 31.8. The van der Waals surface area contributed by atoms with E-state index in [0.717, 1.165) is 29.7 Å². The standard InChI is InChI=1S/C29H34BN6O4P/c1-27(30,41)16-40-19-4-5-20-18(11-19)7-10-29(20)12-21-23(25(37)34-29)24(26(38)33-15-28(39)8-2-9-28)36(35-21)22-6-3-17(13-31)14-32-22/h3-6,11,13-14,31,39H,2,7-10,12,15-16,30,41H2,1H3,(H,33,38)(H,34,37)/t27?,29-/m0/s1. The van der Waals surface area contributed by atoms with Crippen LogP contribution in [0.3, 0.4) is 0 Å². The fourth-order valence-corrected chi connectivity index (χ4v) is 5.99. The van der Waals surface area contributed by atoms with Crippen molar-refractivity contribution in [2.75, 3.05) is 13.2 Å². The van der Waals surface area contributed by atoms with Gasteiger partial charge in [0.15, 0.2) is 5.82 Å². The molecule has 3 atom stereocenters. The van der Waals surface area contributed by atoms with Crippen molar-refractivity contribution in [3.05, 3.63) is 70.2 Å². The Hall–Kier alpha value is -3.56. The highest BCUT2D eigenvalue weighted by Gasteiger charge is 2.47. The summed E-state index contributed by atoms with van der Waals surface area (Å²) in [6, 6.07) is 9.41. The van der Waals surface area contributed by atoms with Gasteiger partial charge in [-0.3, -0.25) is 9.59 Å². The first kappa shape index (κ1) is 27.6. The number of nitrogens with zero attached hydrogens (tertiary/aromatic N) is 3. The maximum atomic E-state index is 13.8. The number of pyridine rings is 1. The summed E-state index contributed by atoms with van der Waals surface area (Å²) in [6.07, 6.45) is 6.79. The molecular weight excluding hydrogens is 538 g/mol. The molecule has 3 aliphatic rings. The van der Waals surface area contributed by atoms with Crippen LogP contribution in [0.5, 0.6) is 5.75 Å². The summed E-state index contributed by atoms with van der Waals surface area (Å²) in [5.41, 5.74) is 2.06. The van der Waals surface area contributed by atoms with Crippen molar-refractivity contribution in [1.29, 1.82) is 5.41 Å². The Kier molecular flexibility index (Phi) is 6.78. The van der Waals surface area contributed by atoms with Crippen molar-refractivity contribution in [2.24, 2.45) is 0 Å². The molecular formula is C29H34BN6O4P. The lowest BCUT2D eigenvalue weighted by molar-refractivity contribution is -0.0301. The number of rotatable bonds is 8. The lowest BCUT2D eigenvalue weighted by atomic mass is 9.80. The van der Waals surface area contributed by atoms with E-state index in [0.29, 0.717) is 49.4 Å². The number of amides is 2. The zero-order chi connectivity index (χ0) is 29.0. The van der Waals surface area contributed by atoms with E-state index in [-0.39, 0.29) is 28.8 Å². The third-order valence-electron chi connectivity index (χ3n) is 8.26. The fourth-order valence-electron chi connectivity index (χ4n) is 5.91. The first-order valence-corrected chi connectivity index (χ1v) is 14.5. The van der Waals surface area contributed by atoms with E-state index in [1.165, 1.54) is 17.1 Å². The average Bonchev–Trinajstić information content (AvgIpc) is 3.48. The number of benzene rings is 1. The highest BCUT2D eigenvalue weighted by molar-refractivity contribution is 7.22. The van der Waals surface area contributed by atoms with E-state index in [2.05, 4.69) is 45.7 Å². The maximum Gasteiger partial charge on any atom is 0.271 e. The summed E-state index contributed by atoms with van der Waals surface area (Å²) >= 11 is 0. The van der Waals surface area contributed by atoms with Crippen LogP contribution in [-0.2, 0) is 18.4 Å². The van der Waals surface area contributed by atoms with Gasteiger partial charge in [0.25, 0.3) is 11.8 Å². The van der Waals surface area contributed by atoms with Crippen LogP contribution < -0.4 is 15.4 Å². The van der Waals surface area contributed by atoms with Crippen LogP contribution in [0.4, 0.5) is 0 Å². The molecule has 3 aromatic rings. The maximum absolute atomic E-state index is 13.8. The second-order valence-corrected chi connectivity index (χ2v) is 13.8. The predicted molar refractivity (Wildman–Crippen MR) is 160 cm³/mol. The minimum atomic E-state index is -0.918. The molecule has 3 heterocycles. The first-order valence-electron chi connectivity index (χ1n) is 14.0. The van der Waals surface area contributed by atoms with Crippen molar-refractivity contribution < 1.29 is 19.4 Å². The van der Waals surface area contributed by atoms with Gasteiger partial charge in [-0.25, -0.2) is 9.67 Å². The Balaban J connectivity index is 1.35. The lowest BCUT2D eigenvalue weighted by Gasteiger charge is -2.36. The van der Waals surface area contributed by atoms with E-state index >= 15 is 0 Å². The van der Waals surface area contributed by atoms with Crippen molar-refractivity contribution in [3.8, 4) is 11.6 Å². The Morgan fingerprint density at radius 1 is 1.34 bits per heavy atom. The number of carbonyl (C=O) groups is 2. The van der Waals surface area contributed by atoms with Crippen LogP contribution >= 0.6 is 9.24 Å². The molecule has 10 nitrogen and oxygen atoms in total. The zero-order valence-corrected chi connectivity index (χ0v) is 24.4. The molecule has 212 valence electrons. The Morgan fingerprint density at radius 3 is 2.80 bits per heavy atom. The number of fused-ring (bicyclic) bond motifs is 3. The molecule has 41 heavy (non-hydrogen) atoms. The number of ether oxygens (including phenoxy) is 1. The van der Waals surface area contributed by atoms with E-state index in [9.17, 15) is 14.7 Å². The largest absolute Gasteiger partial charge is 0.493 e. The molecule has 0 bridgehead atoms. The smallest absolute Gasteiger partial charge is 0.271 e. The van der Waals surface area contributed by atoms with Gasteiger partial charge in [0.1, 0.15) is 19.3 Å². The van der Waals surface area contributed by atoms with Gasteiger partial charge in [-0.2, -0.15) is 5.10 Å². The molecule has 2 aliphatic carbocycles. The van der Waals surface area contributed by atoms with Crippen LogP contribution in [-0.4, -0.2) is 69.6 Å². The molecule has 1 saturated carbocycles. The Morgan fingerprint density at radius 2 is 2.15 bits per heavy atom. The van der Waals surface area contributed by atoms with Gasteiger partial charge < -0.3 is 25.9 Å². The van der Waals surface area contributed by atoms with Gasteiger partial charge in [0.05, 0.1) is 29.0 Å². The van der Waals surface area contributed by atoms with Gasteiger partial charge in [-0.05, 0) is 72.6 Å². The quantitative estimate of drug-likeness (QED) is 0.184. The Labute approximate surface area is 241 Å². The molecule has 2 aromatic heterocycles. The molecule has 12 heteroatoms. The second kappa shape index (κ2) is 10.1. The summed E-state index contributed by atoms with van der Waals surface area (Å²) in [5.74, 6) is 0.313. The SMILES string of the molecule is BC(C)(P)COc1ccc2c(c1)CC[C@]21Cc2nn(-c3ccc(C=N)cn3)c(C(=O)NCC3(O)CCC3)c2C(=O)N1. The monoisotopic (exact) mass is 572 g/mol. The molecule has 1 spiro atoms. The number of hydrogen-bond acceptors (Lipinski definition) is 7. The van der Waals surface area contributed by atoms with Gasteiger partial charge >= 0.3 is 0 Å². The number of carbonyl (C=O) groups excluding carboxylic acids is 2. The summed E-state index contributed by atoms with van der Waals surface area (Å²) < 4.78 is 7.42. The number of aryl methyl sites for hydroxylation is 1. The molecule has 1 fully saturated rings. The normalized spacial score (nSPS) is 21.7. The van der Waals surface area contributed by atoms with E-state index < -0.39 is 17.0 Å². The third kappa shape index (κ3) is 5.17. The van der Waals surface area contributed by atoms with Gasteiger partial charge in [0, 0.05) is 30.9 Å². The minimum Gasteiger partial charge on any atom is -0.493 e. The van der Waals surface area contributed by atoms with Crippen LogP contribution in [0.25, 0.3) is 5.82 Å². The van der Waals surface area contributed by atoms with E-state index in [1.807, 2.05) is 12.1 Å². The lowest BCUT2D eigenvalue weighted by Crippen LogP contribution is -2.51. The predicted octanol–water partition coefficient (Wildman–Crippen LogP) is 1.64. The highest BCUT2D eigenvalue weighted by atomic mass is 31.0. The minimum absolute atomic E-state index is 0.0406. The van der Waals surface area contributed by atoms with E-state index in [4.69, 9.17) is 15.2 Å². The van der Waals surface area contributed by atoms with Gasteiger partial charge in [0.2, 0.25) is 0 Å². The fraction of sp³-hybridized carbons (Fsp3) is 0.414. The van der Waals surface area contributed by atoms with Gasteiger partial charge in [-0.1, -0.05) is 13.0 Å². The third-order valence-corrected chi connectivity index (χ3v) is 8.43. The van der Waals surface area contributed by atoms with Gasteiger partial charge in [-0.15, -0.1) is 9.24 Å². The molecule has 0 saturated heterocycles. The van der Waals surface area contributed by atoms with Crippen LogP contribution in [0.2, 0.25) is 0 Å². The number of hydrogen-bond donors (Lipinski definition) is 4.